The first-order valence-corrected chi connectivity index (χ1v) is 7.43. The second-order valence-electron chi connectivity index (χ2n) is 6.12. The number of methoxy groups -OCH3 is 2. The Bertz CT molecular complexity index is 519. The average Bonchev–Trinajstić information content (AvgIpc) is 2.88. The average molecular weight is 344 g/mol. The smallest absolute Gasteiger partial charge is 0.238 e. The fourth-order valence-electron chi connectivity index (χ4n) is 2.71. The highest BCUT2D eigenvalue weighted by atomic mass is 35.5. The molecule has 1 heterocycles. The lowest BCUT2D eigenvalue weighted by molar-refractivity contribution is -0.117. The lowest BCUT2D eigenvalue weighted by Crippen LogP contribution is -2.35. The lowest BCUT2D eigenvalue weighted by atomic mass is 9.90. The molecular formula is C16H26ClN3O3. The number of benzene rings is 1. The fraction of sp³-hybridized carbons (Fsp3) is 0.562. The summed E-state index contributed by atoms with van der Waals surface area (Å²) in [5, 5.41) is 2.89. The van der Waals surface area contributed by atoms with Crippen LogP contribution in [0.2, 0.25) is 0 Å². The van der Waals surface area contributed by atoms with Crippen LogP contribution in [0.1, 0.15) is 13.3 Å². The van der Waals surface area contributed by atoms with Crippen LogP contribution in [0.15, 0.2) is 18.2 Å². The molecule has 0 spiro atoms. The Morgan fingerprint density at radius 1 is 1.30 bits per heavy atom. The van der Waals surface area contributed by atoms with E-state index in [-0.39, 0.29) is 23.7 Å². The van der Waals surface area contributed by atoms with Crippen LogP contribution in [0.4, 0.5) is 5.69 Å². The quantitative estimate of drug-likeness (QED) is 0.822. The van der Waals surface area contributed by atoms with E-state index < -0.39 is 0 Å². The van der Waals surface area contributed by atoms with E-state index in [1.807, 2.05) is 0 Å². The molecule has 0 bridgehead atoms. The first-order valence-electron chi connectivity index (χ1n) is 7.43. The highest BCUT2D eigenvalue weighted by molar-refractivity contribution is 5.92. The minimum atomic E-state index is -0.0448. The normalized spacial score (nSPS) is 20.7. The summed E-state index contributed by atoms with van der Waals surface area (Å²) in [4.78, 5) is 14.3. The molecule has 1 aromatic rings. The summed E-state index contributed by atoms with van der Waals surface area (Å²) in [6, 6.07) is 5.31. The largest absolute Gasteiger partial charge is 0.497 e. The Morgan fingerprint density at radius 2 is 1.91 bits per heavy atom. The molecule has 7 heteroatoms. The van der Waals surface area contributed by atoms with E-state index in [9.17, 15) is 4.79 Å². The van der Waals surface area contributed by atoms with Gasteiger partial charge < -0.3 is 20.5 Å². The number of carbonyl (C=O) groups is 1. The molecule has 2 rings (SSSR count). The van der Waals surface area contributed by atoms with Gasteiger partial charge in [-0.3, -0.25) is 9.69 Å². The van der Waals surface area contributed by atoms with Gasteiger partial charge in [0.2, 0.25) is 5.91 Å². The predicted molar refractivity (Wildman–Crippen MR) is 93.6 cm³/mol. The van der Waals surface area contributed by atoms with Crippen LogP contribution in [0.3, 0.4) is 0 Å². The van der Waals surface area contributed by atoms with Gasteiger partial charge in [0, 0.05) is 30.4 Å². The summed E-state index contributed by atoms with van der Waals surface area (Å²) in [5.41, 5.74) is 6.59. The van der Waals surface area contributed by atoms with Crippen LogP contribution in [0.5, 0.6) is 11.5 Å². The van der Waals surface area contributed by atoms with Crippen molar-refractivity contribution in [2.24, 2.45) is 11.1 Å². The number of anilines is 1. The van der Waals surface area contributed by atoms with Crippen molar-refractivity contribution in [1.29, 1.82) is 0 Å². The standard InChI is InChI=1S/C16H25N3O3.ClH/c1-16(10-17)4-5-19(11-16)9-15(20)18-12-6-13(21-2)8-14(7-12)22-3;/h6-8H,4-5,9-11,17H2,1-3H3,(H,18,20);1H. The molecule has 130 valence electrons. The number of rotatable bonds is 6. The van der Waals surface area contributed by atoms with Gasteiger partial charge in [0.25, 0.3) is 0 Å². The van der Waals surface area contributed by atoms with Gasteiger partial charge in [0.15, 0.2) is 0 Å². The Balaban J connectivity index is 0.00000264. The van der Waals surface area contributed by atoms with Crippen LogP contribution in [0, 0.1) is 5.41 Å². The van der Waals surface area contributed by atoms with E-state index in [0.29, 0.717) is 30.3 Å². The molecule has 0 radical (unpaired) electrons. The van der Waals surface area contributed by atoms with Crippen LogP contribution >= 0.6 is 12.4 Å². The number of amides is 1. The highest BCUT2D eigenvalue weighted by Crippen LogP contribution is 2.28. The minimum absolute atomic E-state index is 0. The highest BCUT2D eigenvalue weighted by Gasteiger charge is 2.33. The monoisotopic (exact) mass is 343 g/mol. The SMILES string of the molecule is COc1cc(NC(=O)CN2CCC(C)(CN)C2)cc(OC)c1.Cl. The van der Waals surface area contributed by atoms with Gasteiger partial charge in [-0.1, -0.05) is 6.92 Å². The number of nitrogens with zero attached hydrogens (tertiary/aromatic N) is 1. The van der Waals surface area contributed by atoms with Crippen molar-refractivity contribution < 1.29 is 14.3 Å². The van der Waals surface area contributed by atoms with Crippen molar-refractivity contribution in [2.75, 3.05) is 45.7 Å². The molecule has 1 amide bonds. The first-order chi connectivity index (χ1) is 10.5. The molecular weight excluding hydrogens is 318 g/mol. The maximum absolute atomic E-state index is 12.2. The van der Waals surface area contributed by atoms with E-state index in [0.717, 1.165) is 19.5 Å². The lowest BCUT2D eigenvalue weighted by Gasteiger charge is -2.22. The molecule has 1 atom stereocenters. The number of nitrogens with one attached hydrogen (secondary N) is 1. The third kappa shape index (κ3) is 5.27. The topological polar surface area (TPSA) is 76.8 Å². The summed E-state index contributed by atoms with van der Waals surface area (Å²) >= 11 is 0. The Morgan fingerprint density at radius 3 is 2.39 bits per heavy atom. The van der Waals surface area contributed by atoms with Gasteiger partial charge in [-0.25, -0.2) is 0 Å². The zero-order valence-electron chi connectivity index (χ0n) is 13.9. The van der Waals surface area contributed by atoms with Crippen LogP contribution in [-0.2, 0) is 4.79 Å². The van der Waals surface area contributed by atoms with Crippen molar-refractivity contribution in [3.05, 3.63) is 18.2 Å². The zero-order valence-corrected chi connectivity index (χ0v) is 14.7. The van der Waals surface area contributed by atoms with Crippen LogP contribution in [-0.4, -0.2) is 51.2 Å². The van der Waals surface area contributed by atoms with Crippen molar-refractivity contribution in [2.45, 2.75) is 13.3 Å². The molecule has 0 saturated carbocycles. The van der Waals surface area contributed by atoms with Gasteiger partial charge >= 0.3 is 0 Å². The summed E-state index contributed by atoms with van der Waals surface area (Å²) in [7, 11) is 3.16. The molecule has 1 fully saturated rings. The molecule has 3 N–H and O–H groups in total. The number of carbonyl (C=O) groups excluding carboxylic acids is 1. The van der Waals surface area contributed by atoms with Crippen molar-refractivity contribution >= 4 is 24.0 Å². The summed E-state index contributed by atoms with van der Waals surface area (Å²) < 4.78 is 10.4. The molecule has 0 aliphatic carbocycles. The molecule has 23 heavy (non-hydrogen) atoms. The fourth-order valence-corrected chi connectivity index (χ4v) is 2.71. The van der Waals surface area contributed by atoms with E-state index >= 15 is 0 Å². The predicted octanol–water partition coefficient (Wildman–Crippen LogP) is 1.73. The molecule has 1 aliphatic rings. The van der Waals surface area contributed by atoms with E-state index in [1.54, 1.807) is 32.4 Å². The van der Waals surface area contributed by atoms with Gasteiger partial charge in [0.1, 0.15) is 11.5 Å². The number of likely N-dealkylation sites (tertiary alicyclic amines) is 1. The summed E-state index contributed by atoms with van der Waals surface area (Å²) in [6.07, 6.45) is 1.03. The number of halogens is 1. The maximum atomic E-state index is 12.2. The van der Waals surface area contributed by atoms with Gasteiger partial charge in [-0.05, 0) is 24.9 Å². The number of hydrogen-bond acceptors (Lipinski definition) is 5. The molecule has 1 saturated heterocycles. The summed E-state index contributed by atoms with van der Waals surface area (Å²) in [5.74, 6) is 1.25. The molecule has 6 nitrogen and oxygen atoms in total. The van der Waals surface area contributed by atoms with Gasteiger partial charge in [-0.15, -0.1) is 12.4 Å². The van der Waals surface area contributed by atoms with Crippen LogP contribution < -0.4 is 20.5 Å². The van der Waals surface area contributed by atoms with Crippen molar-refractivity contribution in [3.8, 4) is 11.5 Å². The zero-order chi connectivity index (χ0) is 16.2. The van der Waals surface area contributed by atoms with E-state index in [2.05, 4.69) is 17.1 Å². The third-order valence-electron chi connectivity index (χ3n) is 4.13. The minimum Gasteiger partial charge on any atom is -0.497 e. The Kier molecular flexibility index (Phi) is 7.12. The Labute approximate surface area is 143 Å². The third-order valence-corrected chi connectivity index (χ3v) is 4.13. The number of nitrogens with two attached hydrogens (primary N) is 1. The van der Waals surface area contributed by atoms with Gasteiger partial charge in [0.05, 0.1) is 20.8 Å². The second-order valence-corrected chi connectivity index (χ2v) is 6.12. The second kappa shape index (κ2) is 8.38. The van der Waals surface area contributed by atoms with Crippen molar-refractivity contribution in [1.82, 2.24) is 4.90 Å². The Hall–Kier alpha value is -1.50. The van der Waals surface area contributed by atoms with E-state index in [4.69, 9.17) is 15.2 Å². The first kappa shape index (κ1) is 19.5. The van der Waals surface area contributed by atoms with Gasteiger partial charge in [-0.2, -0.15) is 0 Å². The van der Waals surface area contributed by atoms with Crippen LogP contribution in [0.25, 0.3) is 0 Å². The maximum Gasteiger partial charge on any atom is 0.238 e. The molecule has 1 aromatic carbocycles. The van der Waals surface area contributed by atoms with Crippen molar-refractivity contribution in [3.63, 3.8) is 0 Å². The number of ether oxygens (including phenoxy) is 2. The molecule has 1 aliphatic heterocycles. The number of hydrogen-bond donors (Lipinski definition) is 2. The molecule has 0 aromatic heterocycles. The molecule has 1 unspecified atom stereocenters. The summed E-state index contributed by atoms with van der Waals surface area (Å²) in [6.45, 7) is 4.95. The van der Waals surface area contributed by atoms with E-state index in [1.165, 1.54) is 0 Å².